The topological polar surface area (TPSA) is 85.1 Å². The van der Waals surface area contributed by atoms with E-state index >= 15 is 0 Å². The number of nitrogens with zero attached hydrogens (tertiary/aromatic N) is 1. The van der Waals surface area contributed by atoms with Crippen LogP contribution in [0.25, 0.3) is 0 Å². The van der Waals surface area contributed by atoms with Gasteiger partial charge in [0.25, 0.3) is 0 Å². The van der Waals surface area contributed by atoms with Crippen LogP contribution in [0.2, 0.25) is 0 Å². The SMILES string of the molecule is CCC(C)CC(C)Nc1snc(N)c1S(=O)(=O)C1CC1. The second-order valence-electron chi connectivity index (χ2n) is 5.76. The van der Waals surface area contributed by atoms with Gasteiger partial charge in [0.1, 0.15) is 9.90 Å². The summed E-state index contributed by atoms with van der Waals surface area (Å²) in [6.07, 6.45) is 3.58. The lowest BCUT2D eigenvalue weighted by Crippen LogP contribution is -2.19. The van der Waals surface area contributed by atoms with E-state index in [1.807, 2.05) is 0 Å². The molecular weight excluding hydrogens is 294 g/mol. The molecule has 1 fully saturated rings. The Hall–Kier alpha value is -0.820. The van der Waals surface area contributed by atoms with Gasteiger partial charge in [0.15, 0.2) is 15.7 Å². The van der Waals surface area contributed by atoms with Gasteiger partial charge in [-0.1, -0.05) is 20.3 Å². The molecule has 0 aromatic carbocycles. The fraction of sp³-hybridized carbons (Fsp3) is 0.769. The van der Waals surface area contributed by atoms with Crippen molar-refractivity contribution in [3.05, 3.63) is 0 Å². The van der Waals surface area contributed by atoms with Crippen LogP contribution < -0.4 is 11.1 Å². The first-order valence-electron chi connectivity index (χ1n) is 7.11. The summed E-state index contributed by atoms with van der Waals surface area (Å²) in [5, 5.41) is 3.63. The highest BCUT2D eigenvalue weighted by Crippen LogP contribution is 2.41. The standard InChI is InChI=1S/C13H23N3O2S2/c1-4-8(2)7-9(3)15-13-11(12(14)16-19-13)20(17,18)10-5-6-10/h8-10,15H,4-7H2,1-3H3,(H2,14,16). The third-order valence-electron chi connectivity index (χ3n) is 3.75. The molecule has 0 amide bonds. The van der Waals surface area contributed by atoms with Gasteiger partial charge >= 0.3 is 0 Å². The molecule has 1 aliphatic carbocycles. The molecule has 5 nitrogen and oxygen atoms in total. The summed E-state index contributed by atoms with van der Waals surface area (Å²) in [5.41, 5.74) is 5.78. The van der Waals surface area contributed by atoms with Crippen LogP contribution in [0.1, 0.15) is 46.5 Å². The molecule has 1 aromatic rings. The van der Waals surface area contributed by atoms with E-state index in [0.29, 0.717) is 10.9 Å². The quantitative estimate of drug-likeness (QED) is 0.807. The Morgan fingerprint density at radius 2 is 2.10 bits per heavy atom. The normalized spacial score (nSPS) is 18.8. The van der Waals surface area contributed by atoms with Crippen LogP contribution in [0.3, 0.4) is 0 Å². The summed E-state index contributed by atoms with van der Waals surface area (Å²) in [4.78, 5) is 0.223. The van der Waals surface area contributed by atoms with Crippen LogP contribution in [0.4, 0.5) is 10.8 Å². The first-order chi connectivity index (χ1) is 9.36. The molecule has 1 heterocycles. The molecular formula is C13H23N3O2S2. The van der Waals surface area contributed by atoms with Crippen LogP contribution in [0.5, 0.6) is 0 Å². The zero-order valence-electron chi connectivity index (χ0n) is 12.2. The lowest BCUT2D eigenvalue weighted by molar-refractivity contribution is 0.484. The van der Waals surface area contributed by atoms with E-state index in [1.165, 1.54) is 0 Å². The summed E-state index contributed by atoms with van der Waals surface area (Å²) >= 11 is 1.15. The molecule has 2 unspecified atom stereocenters. The molecule has 3 N–H and O–H groups in total. The Morgan fingerprint density at radius 3 is 2.65 bits per heavy atom. The van der Waals surface area contributed by atoms with E-state index in [2.05, 4.69) is 30.5 Å². The third-order valence-corrected chi connectivity index (χ3v) is 7.01. The van der Waals surface area contributed by atoms with E-state index in [9.17, 15) is 8.42 Å². The lowest BCUT2D eigenvalue weighted by Gasteiger charge is -2.18. The average Bonchev–Trinajstić information content (AvgIpc) is 3.15. The number of hydrogen-bond donors (Lipinski definition) is 2. The molecule has 1 aromatic heterocycles. The minimum Gasteiger partial charge on any atom is -0.382 e. The Balaban J connectivity index is 2.17. The van der Waals surface area contributed by atoms with Gasteiger partial charge in [-0.15, -0.1) is 0 Å². The second kappa shape index (κ2) is 5.89. The average molecular weight is 317 g/mol. The fourth-order valence-corrected chi connectivity index (χ4v) is 5.24. The van der Waals surface area contributed by atoms with Crippen LogP contribution >= 0.6 is 11.5 Å². The van der Waals surface area contributed by atoms with Gasteiger partial charge < -0.3 is 11.1 Å². The Labute approximate surface area is 125 Å². The van der Waals surface area contributed by atoms with Crippen molar-refractivity contribution in [1.82, 2.24) is 4.37 Å². The zero-order valence-corrected chi connectivity index (χ0v) is 13.9. The Morgan fingerprint density at radius 1 is 1.45 bits per heavy atom. The number of anilines is 2. The van der Waals surface area contributed by atoms with Crippen molar-refractivity contribution in [3.63, 3.8) is 0 Å². The van der Waals surface area contributed by atoms with E-state index in [1.54, 1.807) is 0 Å². The van der Waals surface area contributed by atoms with Gasteiger partial charge in [0.2, 0.25) is 0 Å². The van der Waals surface area contributed by atoms with Gasteiger partial charge in [0, 0.05) is 6.04 Å². The molecule has 1 aliphatic rings. The number of nitrogens with two attached hydrogens (primary N) is 1. The van der Waals surface area contributed by atoms with Gasteiger partial charge in [-0.3, -0.25) is 0 Å². The van der Waals surface area contributed by atoms with Crippen molar-refractivity contribution in [2.75, 3.05) is 11.1 Å². The summed E-state index contributed by atoms with van der Waals surface area (Å²) in [7, 11) is -3.30. The predicted molar refractivity (Wildman–Crippen MR) is 83.9 cm³/mol. The number of nitrogens with one attached hydrogen (secondary N) is 1. The minimum absolute atomic E-state index is 0.139. The lowest BCUT2D eigenvalue weighted by atomic mass is 10.0. The first kappa shape index (κ1) is 15.6. The predicted octanol–water partition coefficient (Wildman–Crippen LogP) is 2.90. The van der Waals surface area contributed by atoms with E-state index in [-0.39, 0.29) is 22.0 Å². The number of rotatable bonds is 7. The molecule has 0 saturated heterocycles. The second-order valence-corrected chi connectivity index (χ2v) is 8.70. The van der Waals surface area contributed by atoms with Gasteiger partial charge in [-0.05, 0) is 43.6 Å². The van der Waals surface area contributed by atoms with Crippen LogP contribution in [-0.2, 0) is 9.84 Å². The number of nitrogen functional groups attached to an aromatic ring is 1. The number of sulfone groups is 1. The van der Waals surface area contributed by atoms with Gasteiger partial charge in [-0.25, -0.2) is 8.42 Å². The molecule has 0 radical (unpaired) electrons. The maximum atomic E-state index is 12.4. The highest BCUT2D eigenvalue weighted by molar-refractivity contribution is 7.92. The minimum atomic E-state index is -3.30. The van der Waals surface area contributed by atoms with Crippen molar-refractivity contribution in [2.24, 2.45) is 5.92 Å². The molecule has 0 spiro atoms. The Kier molecular flexibility index (Phi) is 4.59. The molecule has 7 heteroatoms. The molecule has 1 saturated carbocycles. The highest BCUT2D eigenvalue weighted by atomic mass is 32.2. The number of aromatic nitrogens is 1. The molecule has 114 valence electrons. The van der Waals surface area contributed by atoms with Crippen LogP contribution in [-0.4, -0.2) is 24.1 Å². The van der Waals surface area contributed by atoms with E-state index < -0.39 is 9.84 Å². The summed E-state index contributed by atoms with van der Waals surface area (Å²) in [5.74, 6) is 0.742. The van der Waals surface area contributed by atoms with Gasteiger partial charge in [0.05, 0.1) is 5.25 Å². The fourth-order valence-electron chi connectivity index (χ4n) is 2.26. The largest absolute Gasteiger partial charge is 0.382 e. The first-order valence-corrected chi connectivity index (χ1v) is 9.43. The molecule has 0 aliphatic heterocycles. The molecule has 2 atom stereocenters. The van der Waals surface area contributed by atoms with Crippen LogP contribution in [0, 0.1) is 5.92 Å². The Bertz CT molecular complexity index is 564. The highest BCUT2D eigenvalue weighted by Gasteiger charge is 2.40. The van der Waals surface area contributed by atoms with E-state index in [0.717, 1.165) is 37.2 Å². The maximum Gasteiger partial charge on any atom is 0.187 e. The molecule has 20 heavy (non-hydrogen) atoms. The summed E-state index contributed by atoms with van der Waals surface area (Å²) in [6.45, 7) is 6.42. The van der Waals surface area contributed by atoms with Crippen molar-refractivity contribution < 1.29 is 8.42 Å². The zero-order chi connectivity index (χ0) is 14.9. The summed E-state index contributed by atoms with van der Waals surface area (Å²) < 4.78 is 28.8. The monoisotopic (exact) mass is 317 g/mol. The van der Waals surface area contributed by atoms with Gasteiger partial charge in [-0.2, -0.15) is 4.37 Å². The summed E-state index contributed by atoms with van der Waals surface area (Å²) in [6, 6.07) is 0.206. The molecule has 0 bridgehead atoms. The molecule has 2 rings (SSSR count). The van der Waals surface area contributed by atoms with Crippen molar-refractivity contribution >= 4 is 32.2 Å². The third kappa shape index (κ3) is 3.25. The van der Waals surface area contributed by atoms with Crippen molar-refractivity contribution in [2.45, 2.75) is 62.6 Å². The number of hydrogen-bond acceptors (Lipinski definition) is 6. The maximum absolute atomic E-state index is 12.4. The van der Waals surface area contributed by atoms with Crippen LogP contribution in [0.15, 0.2) is 4.90 Å². The van der Waals surface area contributed by atoms with Crippen molar-refractivity contribution in [1.29, 1.82) is 0 Å². The smallest absolute Gasteiger partial charge is 0.187 e. The van der Waals surface area contributed by atoms with Crippen molar-refractivity contribution in [3.8, 4) is 0 Å². The van der Waals surface area contributed by atoms with E-state index in [4.69, 9.17) is 5.73 Å².